The van der Waals surface area contributed by atoms with Crippen LogP contribution in [0.15, 0.2) is 24.4 Å². The summed E-state index contributed by atoms with van der Waals surface area (Å²) in [5.41, 5.74) is 0.754. The summed E-state index contributed by atoms with van der Waals surface area (Å²) >= 11 is 5.52. The van der Waals surface area contributed by atoms with Gasteiger partial charge in [-0.05, 0) is 18.6 Å². The maximum absolute atomic E-state index is 12.0. The molecule has 1 rings (SSSR count). The third kappa shape index (κ3) is 4.61. The van der Waals surface area contributed by atoms with Crippen molar-refractivity contribution in [2.75, 3.05) is 18.2 Å². The van der Waals surface area contributed by atoms with Crippen molar-refractivity contribution < 1.29 is 8.42 Å². The van der Waals surface area contributed by atoms with Crippen molar-refractivity contribution >= 4 is 21.6 Å². The predicted molar refractivity (Wildman–Crippen MR) is 69.4 cm³/mol. The van der Waals surface area contributed by atoms with E-state index in [-0.39, 0.29) is 5.75 Å². The second-order valence-corrected chi connectivity index (χ2v) is 6.07. The molecule has 0 aliphatic rings. The molecule has 0 amide bonds. The number of alkyl halides is 1. The Morgan fingerprint density at radius 1 is 1.41 bits per heavy atom. The summed E-state index contributed by atoms with van der Waals surface area (Å²) < 4.78 is 25.4. The Kier molecular flexibility index (Phi) is 5.88. The number of rotatable bonds is 7. The molecular weight excluding hydrogens is 260 g/mol. The molecule has 0 fully saturated rings. The second kappa shape index (κ2) is 6.93. The maximum Gasteiger partial charge on any atom is 0.214 e. The minimum absolute atomic E-state index is 0.0944. The highest BCUT2D eigenvalue weighted by Gasteiger charge is 2.20. The molecule has 96 valence electrons. The number of nitrogens with zero attached hydrogens (tertiary/aromatic N) is 2. The van der Waals surface area contributed by atoms with Crippen LogP contribution in [0.3, 0.4) is 0 Å². The summed E-state index contributed by atoms with van der Waals surface area (Å²) in [4.78, 5) is 4.13. The smallest absolute Gasteiger partial charge is 0.214 e. The van der Waals surface area contributed by atoms with Crippen LogP contribution in [0.1, 0.15) is 19.0 Å². The molecule has 0 unspecified atom stereocenters. The first-order valence-corrected chi connectivity index (χ1v) is 7.68. The van der Waals surface area contributed by atoms with Crippen LogP contribution in [0.4, 0.5) is 0 Å². The fourth-order valence-corrected chi connectivity index (χ4v) is 3.23. The number of pyridine rings is 1. The van der Waals surface area contributed by atoms with E-state index in [0.717, 1.165) is 5.69 Å². The Hall–Kier alpha value is -0.650. The highest BCUT2D eigenvalue weighted by Crippen LogP contribution is 2.09. The Balaban J connectivity index is 2.72. The van der Waals surface area contributed by atoms with Crippen LogP contribution in [-0.4, -0.2) is 35.9 Å². The highest BCUT2D eigenvalue weighted by molar-refractivity contribution is 7.89. The fraction of sp³-hybridized carbons (Fsp3) is 0.545. The van der Waals surface area contributed by atoms with Crippen molar-refractivity contribution in [3.63, 3.8) is 0 Å². The molecule has 4 nitrogen and oxygen atoms in total. The zero-order chi connectivity index (χ0) is 12.7. The lowest BCUT2D eigenvalue weighted by molar-refractivity contribution is 0.418. The topological polar surface area (TPSA) is 50.3 Å². The number of hydrogen-bond acceptors (Lipinski definition) is 3. The van der Waals surface area contributed by atoms with Crippen molar-refractivity contribution in [2.24, 2.45) is 0 Å². The molecule has 0 bridgehead atoms. The minimum atomic E-state index is -3.22. The quantitative estimate of drug-likeness (QED) is 0.715. The molecule has 0 saturated carbocycles. The Labute approximate surface area is 108 Å². The first-order chi connectivity index (χ1) is 8.10. The molecular formula is C11H17ClN2O2S. The van der Waals surface area contributed by atoms with Gasteiger partial charge in [0, 0.05) is 18.6 Å². The molecule has 0 atom stereocenters. The van der Waals surface area contributed by atoms with Crippen molar-refractivity contribution in [1.29, 1.82) is 0 Å². The Morgan fingerprint density at radius 2 is 2.18 bits per heavy atom. The van der Waals surface area contributed by atoms with Crippen LogP contribution in [-0.2, 0) is 16.6 Å². The highest BCUT2D eigenvalue weighted by atomic mass is 35.5. The molecule has 0 aromatic carbocycles. The van der Waals surface area contributed by atoms with E-state index in [4.69, 9.17) is 11.6 Å². The SMILES string of the molecule is CCN(Cc1ccccn1)S(=O)(=O)CCCCl. The van der Waals surface area contributed by atoms with Crippen LogP contribution >= 0.6 is 11.6 Å². The predicted octanol–water partition coefficient (Wildman–Crippen LogP) is 1.86. The van der Waals surface area contributed by atoms with E-state index < -0.39 is 10.0 Å². The number of halogens is 1. The van der Waals surface area contributed by atoms with E-state index in [2.05, 4.69) is 4.98 Å². The van der Waals surface area contributed by atoms with Gasteiger partial charge in [-0.3, -0.25) is 4.98 Å². The lowest BCUT2D eigenvalue weighted by atomic mass is 10.3. The van der Waals surface area contributed by atoms with Crippen molar-refractivity contribution in [1.82, 2.24) is 9.29 Å². The number of sulfonamides is 1. The Morgan fingerprint density at radius 3 is 2.71 bits per heavy atom. The van der Waals surface area contributed by atoms with E-state index >= 15 is 0 Å². The summed E-state index contributed by atoms with van der Waals surface area (Å²) in [5, 5.41) is 0. The lowest BCUT2D eigenvalue weighted by Crippen LogP contribution is -2.32. The van der Waals surface area contributed by atoms with Crippen molar-refractivity contribution in [3.8, 4) is 0 Å². The van der Waals surface area contributed by atoms with E-state index in [9.17, 15) is 8.42 Å². The molecule has 0 saturated heterocycles. The molecule has 1 aromatic rings. The average molecular weight is 277 g/mol. The zero-order valence-electron chi connectivity index (χ0n) is 9.84. The Bertz CT molecular complexity index is 422. The third-order valence-electron chi connectivity index (χ3n) is 2.35. The van der Waals surface area contributed by atoms with Gasteiger partial charge in [-0.2, -0.15) is 4.31 Å². The van der Waals surface area contributed by atoms with Crippen LogP contribution < -0.4 is 0 Å². The van der Waals surface area contributed by atoms with Gasteiger partial charge in [-0.25, -0.2) is 8.42 Å². The molecule has 0 aliphatic carbocycles. The van der Waals surface area contributed by atoms with Crippen molar-refractivity contribution in [3.05, 3.63) is 30.1 Å². The van der Waals surface area contributed by atoms with E-state index in [0.29, 0.717) is 25.4 Å². The van der Waals surface area contributed by atoms with Gasteiger partial charge < -0.3 is 0 Å². The van der Waals surface area contributed by atoms with Crippen molar-refractivity contribution in [2.45, 2.75) is 19.9 Å². The molecule has 0 N–H and O–H groups in total. The normalized spacial score (nSPS) is 11.9. The van der Waals surface area contributed by atoms with Gasteiger partial charge in [-0.1, -0.05) is 13.0 Å². The first kappa shape index (κ1) is 14.4. The van der Waals surface area contributed by atoms with Gasteiger partial charge in [-0.15, -0.1) is 11.6 Å². The van der Waals surface area contributed by atoms with Crippen LogP contribution in [0.5, 0.6) is 0 Å². The van der Waals surface area contributed by atoms with E-state index in [1.54, 1.807) is 6.20 Å². The molecule has 0 radical (unpaired) electrons. The van der Waals surface area contributed by atoms with Gasteiger partial charge in [0.25, 0.3) is 0 Å². The van der Waals surface area contributed by atoms with Gasteiger partial charge in [0.1, 0.15) is 0 Å². The summed E-state index contributed by atoms with van der Waals surface area (Å²) in [7, 11) is -3.22. The van der Waals surface area contributed by atoms with E-state index in [1.165, 1.54) is 4.31 Å². The summed E-state index contributed by atoms with van der Waals surface area (Å²) in [5.74, 6) is 0.456. The summed E-state index contributed by atoms with van der Waals surface area (Å²) in [6, 6.07) is 5.48. The molecule has 1 heterocycles. The summed E-state index contributed by atoms with van der Waals surface area (Å²) in [6.45, 7) is 2.59. The van der Waals surface area contributed by atoms with E-state index in [1.807, 2.05) is 25.1 Å². The molecule has 0 spiro atoms. The van der Waals surface area contributed by atoms with Crippen LogP contribution in [0.2, 0.25) is 0 Å². The largest absolute Gasteiger partial charge is 0.260 e. The fourth-order valence-electron chi connectivity index (χ4n) is 1.45. The van der Waals surface area contributed by atoms with Gasteiger partial charge >= 0.3 is 0 Å². The third-order valence-corrected chi connectivity index (χ3v) is 4.59. The maximum atomic E-state index is 12.0. The summed E-state index contributed by atoms with van der Waals surface area (Å²) in [6.07, 6.45) is 2.14. The number of aromatic nitrogens is 1. The monoisotopic (exact) mass is 276 g/mol. The molecule has 0 aliphatic heterocycles. The second-order valence-electron chi connectivity index (χ2n) is 3.61. The molecule has 1 aromatic heterocycles. The number of hydrogen-bond donors (Lipinski definition) is 0. The average Bonchev–Trinajstić information content (AvgIpc) is 2.34. The molecule has 6 heteroatoms. The van der Waals surface area contributed by atoms with Crippen LogP contribution in [0, 0.1) is 0 Å². The van der Waals surface area contributed by atoms with Gasteiger partial charge in [0.2, 0.25) is 10.0 Å². The molecule has 17 heavy (non-hydrogen) atoms. The lowest BCUT2D eigenvalue weighted by Gasteiger charge is -2.19. The standard InChI is InChI=1S/C11H17ClN2O2S/c1-2-14(17(15,16)9-5-7-12)10-11-6-3-4-8-13-11/h3-4,6,8H,2,5,7,9-10H2,1H3. The zero-order valence-corrected chi connectivity index (χ0v) is 11.4. The van der Waals surface area contributed by atoms with Crippen LogP contribution in [0.25, 0.3) is 0 Å². The van der Waals surface area contributed by atoms with Gasteiger partial charge in [0.15, 0.2) is 0 Å². The first-order valence-electron chi connectivity index (χ1n) is 5.54. The van der Waals surface area contributed by atoms with Gasteiger partial charge in [0.05, 0.1) is 18.0 Å². The minimum Gasteiger partial charge on any atom is -0.260 e.